The van der Waals surface area contributed by atoms with Gasteiger partial charge in [0.25, 0.3) is 0 Å². The Morgan fingerprint density at radius 3 is 2.50 bits per heavy atom. The summed E-state index contributed by atoms with van der Waals surface area (Å²) in [7, 11) is 1.76. The van der Waals surface area contributed by atoms with E-state index in [2.05, 4.69) is 15.6 Å². The Kier molecular flexibility index (Phi) is 7.94. The number of nitrogens with zero attached hydrogens (tertiary/aromatic N) is 2. The largest absolute Gasteiger partial charge is 0.457 e. The first-order chi connectivity index (χ1) is 14.7. The number of piperidine rings is 1. The Balaban J connectivity index is 1.51. The highest BCUT2D eigenvalue weighted by molar-refractivity contribution is 5.80. The van der Waals surface area contributed by atoms with Crippen LogP contribution in [0.2, 0.25) is 0 Å². The summed E-state index contributed by atoms with van der Waals surface area (Å²) in [6.07, 6.45) is 1.48. The van der Waals surface area contributed by atoms with E-state index in [4.69, 9.17) is 9.47 Å². The maximum Gasteiger partial charge on any atom is 0.409 e. The molecule has 7 nitrogen and oxygen atoms in total. The van der Waals surface area contributed by atoms with Crippen LogP contribution in [0, 0.1) is 0 Å². The number of likely N-dealkylation sites (tertiary alicyclic amines) is 1. The molecule has 0 bridgehead atoms. The van der Waals surface area contributed by atoms with E-state index in [0.29, 0.717) is 26.2 Å². The summed E-state index contributed by atoms with van der Waals surface area (Å²) in [5.74, 6) is 2.36. The smallest absolute Gasteiger partial charge is 0.409 e. The lowest BCUT2D eigenvalue weighted by molar-refractivity contribution is 0.0963. The van der Waals surface area contributed by atoms with Crippen LogP contribution in [-0.2, 0) is 11.3 Å². The third-order valence-electron chi connectivity index (χ3n) is 4.98. The van der Waals surface area contributed by atoms with Crippen LogP contribution < -0.4 is 15.4 Å². The first-order valence-electron chi connectivity index (χ1n) is 10.4. The fourth-order valence-corrected chi connectivity index (χ4v) is 3.35. The molecule has 7 heteroatoms. The first kappa shape index (κ1) is 21.5. The molecule has 1 fully saturated rings. The number of ether oxygens (including phenoxy) is 2. The van der Waals surface area contributed by atoms with Crippen LogP contribution in [0.5, 0.6) is 11.5 Å². The Hall–Kier alpha value is -3.22. The number of hydrogen-bond acceptors (Lipinski definition) is 4. The van der Waals surface area contributed by atoms with Crippen molar-refractivity contribution in [1.29, 1.82) is 0 Å². The lowest BCUT2D eigenvalue weighted by Crippen LogP contribution is -2.49. The monoisotopic (exact) mass is 410 g/mol. The molecule has 1 heterocycles. The van der Waals surface area contributed by atoms with Crippen molar-refractivity contribution in [2.24, 2.45) is 4.99 Å². The fraction of sp³-hybridized carbons (Fsp3) is 0.391. The second kappa shape index (κ2) is 11.1. The predicted molar refractivity (Wildman–Crippen MR) is 118 cm³/mol. The summed E-state index contributed by atoms with van der Waals surface area (Å²) in [5, 5.41) is 6.82. The van der Waals surface area contributed by atoms with Gasteiger partial charge in [-0.25, -0.2) is 4.79 Å². The third kappa shape index (κ3) is 6.14. The molecule has 0 saturated carbocycles. The number of hydrogen-bond donors (Lipinski definition) is 2. The van der Waals surface area contributed by atoms with Gasteiger partial charge in [0.15, 0.2) is 5.96 Å². The molecule has 0 aliphatic carbocycles. The van der Waals surface area contributed by atoms with E-state index < -0.39 is 0 Å². The Bertz CT molecular complexity index is 833. The lowest BCUT2D eigenvalue weighted by atomic mass is 10.1. The van der Waals surface area contributed by atoms with Crippen LogP contribution in [0.4, 0.5) is 4.79 Å². The molecule has 2 N–H and O–H groups in total. The number of amides is 1. The number of aliphatic imine (C=N–C) groups is 1. The molecule has 0 aromatic heterocycles. The van der Waals surface area contributed by atoms with Gasteiger partial charge in [0, 0.05) is 38.3 Å². The SMILES string of the molecule is CCOC(=O)N1CCC(NC(=NC)NCc2ccccc2Oc2ccccc2)CC1. The molecule has 1 amide bonds. The van der Waals surface area contributed by atoms with Gasteiger partial charge in [0.2, 0.25) is 0 Å². The third-order valence-corrected chi connectivity index (χ3v) is 4.98. The number of guanidine groups is 1. The minimum absolute atomic E-state index is 0.228. The van der Waals surface area contributed by atoms with Crippen molar-refractivity contribution < 1.29 is 14.3 Å². The van der Waals surface area contributed by atoms with E-state index >= 15 is 0 Å². The van der Waals surface area contributed by atoms with E-state index in [9.17, 15) is 4.79 Å². The van der Waals surface area contributed by atoms with E-state index in [0.717, 1.165) is 35.9 Å². The van der Waals surface area contributed by atoms with Gasteiger partial charge >= 0.3 is 6.09 Å². The maximum atomic E-state index is 11.8. The predicted octanol–water partition coefficient (Wildman–Crippen LogP) is 3.76. The molecule has 1 aliphatic heterocycles. The molecule has 1 saturated heterocycles. The van der Waals surface area contributed by atoms with Crippen molar-refractivity contribution in [3.63, 3.8) is 0 Å². The zero-order chi connectivity index (χ0) is 21.2. The van der Waals surface area contributed by atoms with Gasteiger partial charge in [-0.1, -0.05) is 36.4 Å². The summed E-state index contributed by atoms with van der Waals surface area (Å²) in [6, 6.07) is 18.0. The van der Waals surface area contributed by atoms with Gasteiger partial charge < -0.3 is 25.0 Å². The molecule has 0 unspecified atom stereocenters. The zero-order valence-corrected chi connectivity index (χ0v) is 17.6. The molecular formula is C23H30N4O3. The summed E-state index contributed by atoms with van der Waals surface area (Å²) >= 11 is 0. The molecule has 0 radical (unpaired) electrons. The van der Waals surface area contributed by atoms with Gasteiger partial charge in [0.1, 0.15) is 11.5 Å². The summed E-state index contributed by atoms with van der Waals surface area (Å²) in [6.45, 7) is 4.18. The highest BCUT2D eigenvalue weighted by atomic mass is 16.6. The van der Waals surface area contributed by atoms with Gasteiger partial charge in [0.05, 0.1) is 6.61 Å². The van der Waals surface area contributed by atoms with Crippen molar-refractivity contribution in [1.82, 2.24) is 15.5 Å². The molecule has 1 aliphatic rings. The standard InChI is InChI=1S/C23H30N4O3/c1-3-29-23(28)27-15-13-19(14-16-27)26-22(24-2)25-17-18-9-7-8-12-21(18)30-20-10-5-4-6-11-20/h4-12,19H,3,13-17H2,1-2H3,(H2,24,25,26). The highest BCUT2D eigenvalue weighted by Gasteiger charge is 2.24. The van der Waals surface area contributed by atoms with Crippen molar-refractivity contribution in [3.05, 3.63) is 60.2 Å². The lowest BCUT2D eigenvalue weighted by Gasteiger charge is -2.32. The Morgan fingerprint density at radius 2 is 1.80 bits per heavy atom. The average Bonchev–Trinajstić information content (AvgIpc) is 2.79. The Morgan fingerprint density at radius 1 is 1.10 bits per heavy atom. The first-order valence-corrected chi connectivity index (χ1v) is 10.4. The molecular weight excluding hydrogens is 380 g/mol. The van der Waals surface area contributed by atoms with Crippen LogP contribution in [0.1, 0.15) is 25.3 Å². The Labute approximate surface area is 178 Å². The summed E-state index contributed by atoms with van der Waals surface area (Å²) < 4.78 is 11.1. The number of benzene rings is 2. The van der Waals surface area contributed by atoms with Crippen LogP contribution in [0.3, 0.4) is 0 Å². The minimum Gasteiger partial charge on any atom is -0.457 e. The number of carbonyl (C=O) groups excluding carboxylic acids is 1. The molecule has 30 heavy (non-hydrogen) atoms. The van der Waals surface area contributed by atoms with E-state index in [1.807, 2.05) is 61.5 Å². The van der Waals surface area contributed by atoms with E-state index in [-0.39, 0.29) is 12.1 Å². The number of rotatable bonds is 6. The molecule has 160 valence electrons. The van der Waals surface area contributed by atoms with Crippen molar-refractivity contribution in [2.45, 2.75) is 32.4 Å². The van der Waals surface area contributed by atoms with Gasteiger partial charge in [-0.3, -0.25) is 4.99 Å². The minimum atomic E-state index is -0.228. The summed E-state index contributed by atoms with van der Waals surface area (Å²) in [5.41, 5.74) is 1.04. The van der Waals surface area contributed by atoms with E-state index in [1.54, 1.807) is 11.9 Å². The van der Waals surface area contributed by atoms with Crippen LogP contribution >= 0.6 is 0 Å². The fourth-order valence-electron chi connectivity index (χ4n) is 3.35. The zero-order valence-electron chi connectivity index (χ0n) is 17.6. The van der Waals surface area contributed by atoms with Crippen molar-refractivity contribution in [3.8, 4) is 11.5 Å². The average molecular weight is 411 g/mol. The number of nitrogens with one attached hydrogen (secondary N) is 2. The van der Waals surface area contributed by atoms with Crippen molar-refractivity contribution in [2.75, 3.05) is 26.7 Å². The number of para-hydroxylation sites is 2. The molecule has 2 aromatic rings. The molecule has 3 rings (SSSR count). The second-order valence-electron chi connectivity index (χ2n) is 7.05. The topological polar surface area (TPSA) is 75.2 Å². The van der Waals surface area contributed by atoms with E-state index in [1.165, 1.54) is 0 Å². The van der Waals surface area contributed by atoms with Crippen molar-refractivity contribution >= 4 is 12.1 Å². The highest BCUT2D eigenvalue weighted by Crippen LogP contribution is 2.24. The maximum absolute atomic E-state index is 11.8. The molecule has 2 aromatic carbocycles. The second-order valence-corrected chi connectivity index (χ2v) is 7.05. The molecule has 0 spiro atoms. The van der Waals surface area contributed by atoms with Crippen LogP contribution in [0.15, 0.2) is 59.6 Å². The summed E-state index contributed by atoms with van der Waals surface area (Å²) in [4.78, 5) is 17.9. The quantitative estimate of drug-likeness (QED) is 0.560. The van der Waals surface area contributed by atoms with Crippen LogP contribution in [0.25, 0.3) is 0 Å². The molecule has 0 atom stereocenters. The van der Waals surface area contributed by atoms with Gasteiger partial charge in [-0.15, -0.1) is 0 Å². The van der Waals surface area contributed by atoms with Gasteiger partial charge in [-0.2, -0.15) is 0 Å². The normalized spacial score (nSPS) is 14.9. The van der Waals surface area contributed by atoms with Crippen LogP contribution in [-0.4, -0.2) is 49.7 Å². The number of carbonyl (C=O) groups is 1. The van der Waals surface area contributed by atoms with Gasteiger partial charge in [-0.05, 0) is 38.0 Å².